The molecular weight excluding hydrogens is 250 g/mol. The van der Waals surface area contributed by atoms with Crippen molar-refractivity contribution in [2.75, 3.05) is 38.6 Å². The van der Waals surface area contributed by atoms with Crippen LogP contribution in [-0.2, 0) is 9.53 Å². The van der Waals surface area contributed by atoms with Crippen LogP contribution in [-0.4, -0.2) is 59.8 Å². The van der Waals surface area contributed by atoms with Gasteiger partial charge in [-0.1, -0.05) is 0 Å². The van der Waals surface area contributed by atoms with Gasteiger partial charge in [0.15, 0.2) is 0 Å². The van der Waals surface area contributed by atoms with Gasteiger partial charge in [0.1, 0.15) is 5.69 Å². The second kappa shape index (κ2) is 6.19. The third-order valence-corrected chi connectivity index (χ3v) is 2.88. The van der Waals surface area contributed by atoms with Crippen molar-refractivity contribution >= 4 is 17.5 Å². The van der Waals surface area contributed by atoms with Crippen molar-refractivity contribution in [3.8, 4) is 0 Å². The van der Waals surface area contributed by atoms with Crippen molar-refractivity contribution in [1.82, 2.24) is 20.4 Å². The monoisotopic (exact) mass is 267 g/mol. The van der Waals surface area contributed by atoms with Crippen LogP contribution in [0.4, 0.5) is 5.69 Å². The van der Waals surface area contributed by atoms with Gasteiger partial charge in [-0.15, -0.1) is 0 Å². The second-order valence-corrected chi connectivity index (χ2v) is 4.20. The molecule has 2 amide bonds. The quantitative estimate of drug-likeness (QED) is 0.645. The average molecular weight is 267 g/mol. The van der Waals surface area contributed by atoms with Crippen molar-refractivity contribution in [3.05, 3.63) is 11.9 Å². The number of rotatable bonds is 4. The van der Waals surface area contributed by atoms with Crippen molar-refractivity contribution in [2.24, 2.45) is 0 Å². The highest BCUT2D eigenvalue weighted by Gasteiger charge is 2.17. The topological polar surface area (TPSA) is 113 Å². The number of anilines is 1. The molecule has 0 bridgehead atoms. The van der Waals surface area contributed by atoms with Crippen LogP contribution in [0, 0.1) is 0 Å². The molecule has 8 heteroatoms. The molecule has 8 nitrogen and oxygen atoms in total. The number of amides is 2. The van der Waals surface area contributed by atoms with Gasteiger partial charge in [-0.05, 0) is 0 Å². The Balaban J connectivity index is 1.73. The molecule has 0 radical (unpaired) electrons. The summed E-state index contributed by atoms with van der Waals surface area (Å²) in [5.74, 6) is -0.342. The van der Waals surface area contributed by atoms with E-state index in [0.29, 0.717) is 26.3 Å². The fourth-order valence-corrected chi connectivity index (χ4v) is 1.82. The number of hydrogen-bond acceptors (Lipinski definition) is 5. The van der Waals surface area contributed by atoms with E-state index in [0.717, 1.165) is 0 Å². The summed E-state index contributed by atoms with van der Waals surface area (Å²) in [5.41, 5.74) is 6.06. The number of carbonyl (C=O) groups excluding carboxylic acids is 2. The zero-order valence-electron chi connectivity index (χ0n) is 10.5. The number of morpholine rings is 1. The lowest BCUT2D eigenvalue weighted by molar-refractivity contribution is -0.135. The molecular formula is C11H17N5O3. The summed E-state index contributed by atoms with van der Waals surface area (Å²) in [4.78, 5) is 25.2. The Hall–Kier alpha value is -2.09. The van der Waals surface area contributed by atoms with Gasteiger partial charge in [-0.2, -0.15) is 5.10 Å². The summed E-state index contributed by atoms with van der Waals surface area (Å²) in [5, 5.41) is 8.79. The van der Waals surface area contributed by atoms with Crippen LogP contribution < -0.4 is 11.1 Å². The molecule has 0 atom stereocenters. The number of nitrogens with two attached hydrogens (primary N) is 1. The Labute approximate surface area is 110 Å². The molecule has 2 heterocycles. The van der Waals surface area contributed by atoms with Gasteiger partial charge >= 0.3 is 0 Å². The lowest BCUT2D eigenvalue weighted by atomic mass is 10.3. The van der Waals surface area contributed by atoms with Gasteiger partial charge < -0.3 is 20.7 Å². The van der Waals surface area contributed by atoms with Crippen molar-refractivity contribution in [2.45, 2.75) is 6.42 Å². The number of ether oxygens (including phenoxy) is 1. The number of aromatic amines is 1. The van der Waals surface area contributed by atoms with E-state index in [2.05, 4.69) is 15.5 Å². The first-order chi connectivity index (χ1) is 9.18. The molecule has 0 saturated carbocycles. The largest absolute Gasteiger partial charge is 0.396 e. The van der Waals surface area contributed by atoms with Gasteiger partial charge in [0.25, 0.3) is 5.91 Å². The summed E-state index contributed by atoms with van der Waals surface area (Å²) in [6.07, 6.45) is 1.63. The van der Waals surface area contributed by atoms with Crippen molar-refractivity contribution in [3.63, 3.8) is 0 Å². The average Bonchev–Trinajstić information content (AvgIpc) is 2.86. The number of hydrogen-bond donors (Lipinski definition) is 3. The highest BCUT2D eigenvalue weighted by atomic mass is 16.5. The molecule has 1 aliphatic heterocycles. The van der Waals surface area contributed by atoms with E-state index in [1.54, 1.807) is 4.90 Å². The first-order valence-electron chi connectivity index (χ1n) is 6.11. The van der Waals surface area contributed by atoms with E-state index in [-0.39, 0.29) is 36.2 Å². The predicted octanol–water partition coefficient (Wildman–Crippen LogP) is -1.03. The molecule has 0 aliphatic carbocycles. The molecule has 2 rings (SSSR count). The van der Waals surface area contributed by atoms with Crippen molar-refractivity contribution in [1.29, 1.82) is 0 Å². The van der Waals surface area contributed by atoms with Gasteiger partial charge in [0, 0.05) is 26.1 Å². The van der Waals surface area contributed by atoms with Crippen LogP contribution in [0.15, 0.2) is 6.20 Å². The standard InChI is InChI=1S/C11H17N5O3/c12-8-7-14-15-10(8)11(18)13-2-1-9(17)16-3-5-19-6-4-16/h7H,1-6,12H2,(H,13,18)(H,14,15). The Morgan fingerprint density at radius 3 is 2.84 bits per heavy atom. The number of nitrogens with zero attached hydrogens (tertiary/aromatic N) is 2. The summed E-state index contributed by atoms with van der Waals surface area (Å²) in [7, 11) is 0. The maximum Gasteiger partial charge on any atom is 0.271 e. The minimum Gasteiger partial charge on any atom is -0.396 e. The Morgan fingerprint density at radius 1 is 1.47 bits per heavy atom. The number of carbonyl (C=O) groups is 2. The summed E-state index contributed by atoms with van der Waals surface area (Å²) >= 11 is 0. The SMILES string of the molecule is Nc1cn[nH]c1C(=O)NCCC(=O)N1CCOCC1. The third kappa shape index (κ3) is 3.44. The number of nitrogen functional groups attached to an aromatic ring is 1. The molecule has 1 aromatic heterocycles. The lowest BCUT2D eigenvalue weighted by Gasteiger charge is -2.26. The van der Waals surface area contributed by atoms with E-state index >= 15 is 0 Å². The highest BCUT2D eigenvalue weighted by Crippen LogP contribution is 2.05. The maximum absolute atomic E-state index is 11.8. The fourth-order valence-electron chi connectivity index (χ4n) is 1.82. The minimum absolute atomic E-state index is 0.0150. The molecule has 4 N–H and O–H groups in total. The van der Waals surface area contributed by atoms with Crippen LogP contribution in [0.25, 0.3) is 0 Å². The molecule has 104 valence electrons. The van der Waals surface area contributed by atoms with Crippen molar-refractivity contribution < 1.29 is 14.3 Å². The third-order valence-electron chi connectivity index (χ3n) is 2.88. The van der Waals surface area contributed by atoms with Gasteiger partial charge in [-0.25, -0.2) is 0 Å². The fraction of sp³-hybridized carbons (Fsp3) is 0.545. The smallest absolute Gasteiger partial charge is 0.271 e. The van der Waals surface area contributed by atoms with Crippen LogP contribution in [0.3, 0.4) is 0 Å². The summed E-state index contributed by atoms with van der Waals surface area (Å²) in [6, 6.07) is 0. The molecule has 0 unspecified atom stereocenters. The molecule has 1 aliphatic rings. The maximum atomic E-state index is 11.8. The first kappa shape index (κ1) is 13.3. The summed E-state index contributed by atoms with van der Waals surface area (Å²) in [6.45, 7) is 2.64. The van der Waals surface area contributed by atoms with E-state index in [4.69, 9.17) is 10.5 Å². The van der Waals surface area contributed by atoms with E-state index < -0.39 is 0 Å². The minimum atomic E-state index is -0.357. The van der Waals surface area contributed by atoms with Gasteiger partial charge in [0.2, 0.25) is 5.91 Å². The zero-order valence-corrected chi connectivity index (χ0v) is 10.5. The molecule has 1 saturated heterocycles. The molecule has 1 aromatic rings. The normalized spacial score (nSPS) is 15.3. The number of H-pyrrole nitrogens is 1. The first-order valence-corrected chi connectivity index (χ1v) is 6.11. The number of aromatic nitrogens is 2. The zero-order chi connectivity index (χ0) is 13.7. The lowest BCUT2D eigenvalue weighted by Crippen LogP contribution is -2.42. The van der Waals surface area contributed by atoms with E-state index in [1.165, 1.54) is 6.20 Å². The van der Waals surface area contributed by atoms with Gasteiger partial charge in [-0.3, -0.25) is 14.7 Å². The Morgan fingerprint density at radius 2 is 2.21 bits per heavy atom. The predicted molar refractivity (Wildman–Crippen MR) is 67.3 cm³/mol. The van der Waals surface area contributed by atoms with Crippen LogP contribution in [0.2, 0.25) is 0 Å². The molecule has 1 fully saturated rings. The van der Waals surface area contributed by atoms with E-state index in [1.807, 2.05) is 0 Å². The van der Waals surface area contributed by atoms with Crippen LogP contribution in [0.5, 0.6) is 0 Å². The Bertz CT molecular complexity index is 453. The molecule has 0 aromatic carbocycles. The molecule has 0 spiro atoms. The van der Waals surface area contributed by atoms with Gasteiger partial charge in [0.05, 0.1) is 25.1 Å². The second-order valence-electron chi connectivity index (χ2n) is 4.20. The molecule has 19 heavy (non-hydrogen) atoms. The highest BCUT2D eigenvalue weighted by molar-refractivity contribution is 5.97. The number of nitrogens with one attached hydrogen (secondary N) is 2. The summed E-state index contributed by atoms with van der Waals surface area (Å²) < 4.78 is 5.17. The van der Waals surface area contributed by atoms with Crippen LogP contribution >= 0.6 is 0 Å². The Kier molecular flexibility index (Phi) is 4.35. The van der Waals surface area contributed by atoms with Crippen LogP contribution in [0.1, 0.15) is 16.9 Å². The van der Waals surface area contributed by atoms with E-state index in [9.17, 15) is 9.59 Å².